The summed E-state index contributed by atoms with van der Waals surface area (Å²) in [6, 6.07) is 25.0. The van der Waals surface area contributed by atoms with Crippen LogP contribution in [0.2, 0.25) is 0 Å². The molecule has 0 saturated heterocycles. The third-order valence-electron chi connectivity index (χ3n) is 1.21. The maximum atomic E-state index is 3.22. The van der Waals surface area contributed by atoms with Gasteiger partial charge < -0.3 is 0 Å². The molecule has 74 valence electrons. The molecule has 0 N–H and O–H groups in total. The standard InChI is InChI=1S/2C6H5.H2S2.Zn/c2*1-2-4-6-5-3-1;1-2;/h2*1-5H;1-2H;/q2*-1;;+2. The first-order valence-electron chi connectivity index (χ1n) is 4.02. The monoisotopic (exact) mass is 284 g/mol. The summed E-state index contributed by atoms with van der Waals surface area (Å²) in [5.74, 6) is 0. The molecule has 0 aliphatic heterocycles. The minimum atomic E-state index is 0. The molecule has 0 spiro atoms. The fraction of sp³-hybridized carbons (Fsp3) is 0. The summed E-state index contributed by atoms with van der Waals surface area (Å²) in [5, 5.41) is 0. The van der Waals surface area contributed by atoms with E-state index in [2.05, 4.69) is 35.5 Å². The van der Waals surface area contributed by atoms with Crippen molar-refractivity contribution in [2.24, 2.45) is 0 Å². The van der Waals surface area contributed by atoms with E-state index in [-0.39, 0.29) is 19.5 Å². The molecule has 3 heteroatoms. The van der Waals surface area contributed by atoms with E-state index in [1.54, 1.807) is 0 Å². The van der Waals surface area contributed by atoms with Crippen molar-refractivity contribution in [3.63, 3.8) is 0 Å². The van der Waals surface area contributed by atoms with Crippen molar-refractivity contribution in [3.8, 4) is 0 Å². The van der Waals surface area contributed by atoms with Crippen LogP contribution in [0.15, 0.2) is 60.7 Å². The van der Waals surface area contributed by atoms with Crippen LogP contribution in [0, 0.1) is 12.1 Å². The first kappa shape index (κ1) is 17.2. The molecule has 0 saturated carbocycles. The molecule has 0 aliphatic rings. The number of thiol groups is 2. The summed E-state index contributed by atoms with van der Waals surface area (Å²) in [4.78, 5) is 0. The molecule has 0 radical (unpaired) electrons. The predicted octanol–water partition coefficient (Wildman–Crippen LogP) is 3.73. The molecule has 0 aromatic heterocycles. The van der Waals surface area contributed by atoms with Gasteiger partial charge in [-0.05, 0) is 0 Å². The van der Waals surface area contributed by atoms with Crippen LogP contribution in [0.3, 0.4) is 0 Å². The van der Waals surface area contributed by atoms with Crippen molar-refractivity contribution in [2.45, 2.75) is 0 Å². The van der Waals surface area contributed by atoms with Crippen LogP contribution in [0.1, 0.15) is 0 Å². The number of benzene rings is 2. The fourth-order valence-corrected chi connectivity index (χ4v) is 0.684. The van der Waals surface area contributed by atoms with Gasteiger partial charge in [-0.2, -0.15) is 72.8 Å². The minimum Gasteiger partial charge on any atom is -0.184 e. The van der Waals surface area contributed by atoms with E-state index in [1.165, 1.54) is 0 Å². The SMILES string of the molecule is SS.[Zn+2].[c-]1ccccc1.[c-]1ccccc1. The summed E-state index contributed by atoms with van der Waals surface area (Å²) in [5.41, 5.74) is 0. The van der Waals surface area contributed by atoms with E-state index in [1.807, 2.05) is 60.7 Å². The third kappa shape index (κ3) is 13.8. The van der Waals surface area contributed by atoms with E-state index in [0.717, 1.165) is 0 Å². The maximum absolute atomic E-state index is 3.22. The van der Waals surface area contributed by atoms with E-state index >= 15 is 0 Å². The molecule has 0 heterocycles. The molecule has 0 unspecified atom stereocenters. The Kier molecular flexibility index (Phi) is 18.5. The van der Waals surface area contributed by atoms with Gasteiger partial charge in [0.15, 0.2) is 0 Å². The average Bonchev–Trinajstić information content (AvgIpc) is 2.37. The predicted molar refractivity (Wildman–Crippen MR) is 68.5 cm³/mol. The van der Waals surface area contributed by atoms with Crippen LogP contribution in [0.5, 0.6) is 0 Å². The van der Waals surface area contributed by atoms with Crippen molar-refractivity contribution >= 4 is 23.3 Å². The van der Waals surface area contributed by atoms with Gasteiger partial charge in [-0.15, -0.1) is 23.3 Å². The summed E-state index contributed by atoms with van der Waals surface area (Å²) in [6.45, 7) is 0. The van der Waals surface area contributed by atoms with Crippen LogP contribution in [0.25, 0.3) is 0 Å². The Balaban J connectivity index is 0. The van der Waals surface area contributed by atoms with Crippen LogP contribution in [-0.2, 0) is 19.5 Å². The zero-order valence-corrected chi connectivity index (χ0v) is 13.1. The molecule has 0 fully saturated rings. The Morgan fingerprint density at radius 2 is 0.800 bits per heavy atom. The second-order valence-corrected chi connectivity index (χ2v) is 2.15. The Labute approximate surface area is 115 Å². The zero-order valence-electron chi connectivity index (χ0n) is 8.38. The summed E-state index contributed by atoms with van der Waals surface area (Å²) in [7, 11) is 0. The number of hydrogen-bond acceptors (Lipinski definition) is 2. The van der Waals surface area contributed by atoms with Crippen molar-refractivity contribution in [1.82, 2.24) is 0 Å². The Hall–Kier alpha value is -0.237. The van der Waals surface area contributed by atoms with Gasteiger partial charge >= 0.3 is 19.5 Å². The van der Waals surface area contributed by atoms with Crippen LogP contribution >= 0.6 is 23.3 Å². The topological polar surface area (TPSA) is 0 Å². The Bertz CT molecular complexity index is 189. The summed E-state index contributed by atoms with van der Waals surface area (Å²) in [6.07, 6.45) is 0. The first-order valence-corrected chi connectivity index (χ1v) is 5.62. The second kappa shape index (κ2) is 16.2. The molecular weight excluding hydrogens is 274 g/mol. The molecule has 2 rings (SSSR count). The smallest absolute Gasteiger partial charge is 0.184 e. The van der Waals surface area contributed by atoms with Gasteiger partial charge in [0.1, 0.15) is 0 Å². The Morgan fingerprint density at radius 3 is 0.867 bits per heavy atom. The fourth-order valence-electron chi connectivity index (χ4n) is 0.684. The summed E-state index contributed by atoms with van der Waals surface area (Å²) >= 11 is 6.44. The van der Waals surface area contributed by atoms with E-state index in [9.17, 15) is 0 Å². The minimum absolute atomic E-state index is 0. The van der Waals surface area contributed by atoms with Gasteiger partial charge in [0.25, 0.3) is 0 Å². The van der Waals surface area contributed by atoms with E-state index in [0.29, 0.717) is 0 Å². The zero-order chi connectivity index (χ0) is 10.5. The molecular formula is C12H12S2Zn. The van der Waals surface area contributed by atoms with Crippen molar-refractivity contribution in [3.05, 3.63) is 72.8 Å². The maximum Gasteiger partial charge on any atom is 2.00 e. The first-order chi connectivity index (χ1) is 7.00. The molecule has 2 aromatic rings. The molecule has 15 heavy (non-hydrogen) atoms. The van der Waals surface area contributed by atoms with Gasteiger partial charge in [0.2, 0.25) is 0 Å². The summed E-state index contributed by atoms with van der Waals surface area (Å²) < 4.78 is 0. The quantitative estimate of drug-likeness (QED) is 0.313. The van der Waals surface area contributed by atoms with Crippen LogP contribution < -0.4 is 0 Å². The molecule has 0 amide bonds. The van der Waals surface area contributed by atoms with Crippen molar-refractivity contribution in [2.75, 3.05) is 0 Å². The number of rotatable bonds is 0. The van der Waals surface area contributed by atoms with Gasteiger partial charge in [-0.3, -0.25) is 0 Å². The molecule has 0 atom stereocenters. The van der Waals surface area contributed by atoms with Crippen molar-refractivity contribution in [1.29, 1.82) is 0 Å². The normalized spacial score (nSPS) is 6.80. The molecule has 0 bridgehead atoms. The van der Waals surface area contributed by atoms with Gasteiger partial charge in [0, 0.05) is 0 Å². The third-order valence-corrected chi connectivity index (χ3v) is 1.21. The van der Waals surface area contributed by atoms with Gasteiger partial charge in [-0.25, -0.2) is 0 Å². The number of hydrogen-bond donors (Lipinski definition) is 2. The Morgan fingerprint density at radius 1 is 0.533 bits per heavy atom. The average molecular weight is 286 g/mol. The molecule has 2 aromatic carbocycles. The van der Waals surface area contributed by atoms with E-state index in [4.69, 9.17) is 0 Å². The van der Waals surface area contributed by atoms with Crippen LogP contribution in [-0.4, -0.2) is 0 Å². The van der Waals surface area contributed by atoms with Crippen LogP contribution in [0.4, 0.5) is 0 Å². The van der Waals surface area contributed by atoms with Crippen molar-refractivity contribution < 1.29 is 19.5 Å². The second-order valence-electron chi connectivity index (χ2n) is 2.15. The largest absolute Gasteiger partial charge is 2.00 e. The molecule has 0 nitrogen and oxygen atoms in total. The van der Waals surface area contributed by atoms with Gasteiger partial charge in [0.05, 0.1) is 0 Å². The van der Waals surface area contributed by atoms with E-state index < -0.39 is 0 Å². The molecule has 0 aliphatic carbocycles. The van der Waals surface area contributed by atoms with Gasteiger partial charge in [-0.1, -0.05) is 0 Å².